The average molecular weight is 524 g/mol. The van der Waals surface area contributed by atoms with Crippen LogP contribution in [0, 0.1) is 24.0 Å². The van der Waals surface area contributed by atoms with Gasteiger partial charge in [0.1, 0.15) is 11.5 Å². The normalized spacial score (nSPS) is 10.3. The lowest BCUT2D eigenvalue weighted by atomic mass is 10.1. The van der Waals surface area contributed by atoms with Crippen LogP contribution < -0.4 is 15.2 Å². The number of hydrogen-bond donors (Lipinski definition) is 3. The first-order valence-electron chi connectivity index (χ1n) is 10.9. The van der Waals surface area contributed by atoms with E-state index in [1.165, 1.54) is 38.5 Å². The van der Waals surface area contributed by atoms with Gasteiger partial charge in [-0.15, -0.1) is 0 Å². The lowest BCUT2D eigenvalue weighted by Gasteiger charge is -2.10. The van der Waals surface area contributed by atoms with Gasteiger partial charge in [-0.25, -0.2) is 9.59 Å². The van der Waals surface area contributed by atoms with Gasteiger partial charge in [-0.1, -0.05) is 0 Å². The number of nitro benzene ring substituents is 1. The monoisotopic (exact) mass is 524 g/mol. The van der Waals surface area contributed by atoms with Crippen LogP contribution in [0.4, 0.5) is 11.4 Å². The molecule has 0 unspecified atom stereocenters. The van der Waals surface area contributed by atoms with Crippen molar-refractivity contribution >= 4 is 23.3 Å². The molecule has 0 saturated heterocycles. The van der Waals surface area contributed by atoms with Gasteiger partial charge in [-0.05, 0) is 67.4 Å². The van der Waals surface area contributed by atoms with E-state index in [2.05, 4.69) is 0 Å². The van der Waals surface area contributed by atoms with Crippen LogP contribution in [0.2, 0.25) is 0 Å². The molecule has 2 heterocycles. The van der Waals surface area contributed by atoms with Gasteiger partial charge in [0.05, 0.1) is 36.0 Å². The van der Waals surface area contributed by atoms with Crippen LogP contribution in [0.1, 0.15) is 32.2 Å². The Balaban J connectivity index is 0.000000212. The molecule has 0 amide bonds. The number of nitro groups is 1. The maximum atomic E-state index is 11.0. The second-order valence-electron chi connectivity index (χ2n) is 8.00. The molecular formula is C26H24N2O10. The summed E-state index contributed by atoms with van der Waals surface area (Å²) in [5, 5.41) is 28.7. The van der Waals surface area contributed by atoms with Crippen LogP contribution in [0.5, 0.6) is 11.5 Å². The molecule has 4 N–H and O–H groups in total. The fourth-order valence-corrected chi connectivity index (χ4v) is 3.69. The Hall–Kier alpha value is -5.26. The summed E-state index contributed by atoms with van der Waals surface area (Å²) in [6.45, 7) is 3.58. The molecule has 0 spiro atoms. The maximum absolute atomic E-state index is 11.0. The Labute approximate surface area is 216 Å². The largest absolute Gasteiger partial charge is 0.494 e. The molecule has 0 bridgehead atoms. The molecule has 0 radical (unpaired) electrons. The van der Waals surface area contributed by atoms with E-state index in [0.717, 1.165) is 5.56 Å². The van der Waals surface area contributed by atoms with E-state index in [1.54, 1.807) is 25.1 Å². The zero-order valence-corrected chi connectivity index (χ0v) is 20.8. The van der Waals surface area contributed by atoms with Crippen LogP contribution in [-0.2, 0) is 0 Å². The Bertz CT molecular complexity index is 1520. The van der Waals surface area contributed by atoms with Crippen LogP contribution in [0.25, 0.3) is 22.6 Å². The second kappa shape index (κ2) is 11.2. The molecule has 0 atom stereocenters. The third-order valence-electron chi connectivity index (χ3n) is 5.25. The van der Waals surface area contributed by atoms with E-state index in [-0.39, 0.29) is 28.7 Å². The number of furan rings is 2. The molecule has 4 rings (SSSR count). The Morgan fingerprint density at radius 1 is 0.816 bits per heavy atom. The molecule has 0 aliphatic carbocycles. The number of anilines is 1. The summed E-state index contributed by atoms with van der Waals surface area (Å²) >= 11 is 0. The van der Waals surface area contributed by atoms with Crippen LogP contribution >= 0.6 is 0 Å². The minimum absolute atomic E-state index is 0.0342. The minimum Gasteiger partial charge on any atom is -0.494 e. The number of methoxy groups -OCH3 is 2. The van der Waals surface area contributed by atoms with Crippen molar-refractivity contribution in [2.45, 2.75) is 13.8 Å². The van der Waals surface area contributed by atoms with E-state index in [0.29, 0.717) is 33.9 Å². The summed E-state index contributed by atoms with van der Waals surface area (Å²) in [7, 11) is 2.81. The first-order chi connectivity index (χ1) is 18.0. The van der Waals surface area contributed by atoms with Crippen LogP contribution in [-0.4, -0.2) is 41.3 Å². The van der Waals surface area contributed by atoms with Gasteiger partial charge >= 0.3 is 17.6 Å². The highest BCUT2D eigenvalue weighted by Gasteiger charge is 2.23. The summed E-state index contributed by atoms with van der Waals surface area (Å²) in [5.74, 6) is -1.55. The van der Waals surface area contributed by atoms with Gasteiger partial charge in [0.25, 0.3) is 0 Å². The predicted octanol–water partition coefficient (Wildman–Crippen LogP) is 5.41. The summed E-state index contributed by atoms with van der Waals surface area (Å²) < 4.78 is 20.7. The molecular weight excluding hydrogens is 500 g/mol. The lowest BCUT2D eigenvalue weighted by Crippen LogP contribution is -1.97. The van der Waals surface area contributed by atoms with Gasteiger partial charge in [0.15, 0.2) is 5.75 Å². The molecule has 0 saturated carbocycles. The van der Waals surface area contributed by atoms with E-state index in [1.807, 2.05) is 13.0 Å². The fraction of sp³-hybridized carbons (Fsp3) is 0.154. The van der Waals surface area contributed by atoms with Crippen molar-refractivity contribution in [3.05, 3.63) is 81.3 Å². The zero-order valence-electron chi connectivity index (χ0n) is 20.8. The van der Waals surface area contributed by atoms with Crippen LogP contribution in [0.3, 0.4) is 0 Å². The SMILES string of the molecule is COc1c(-c2ccc(C(=O)O)o2)cc(C)cc1[N+](=O)[O-].COc1c(N)cc(C)cc1-c1ccc(C(=O)O)o1. The zero-order chi connectivity index (χ0) is 28.1. The maximum Gasteiger partial charge on any atom is 0.371 e. The first kappa shape index (κ1) is 27.3. The van der Waals surface area contributed by atoms with Gasteiger partial charge in [-0.2, -0.15) is 0 Å². The molecule has 0 aliphatic rings. The van der Waals surface area contributed by atoms with Crippen LogP contribution in [0.15, 0.2) is 57.4 Å². The van der Waals surface area contributed by atoms with Crippen molar-refractivity contribution < 1.29 is 43.0 Å². The standard InChI is InChI=1S/C13H11NO6.C13H13NO4/c1-7-5-8(10-3-4-11(20-10)13(15)16)12(19-2)9(6-7)14(17)18;1-7-5-8(12(17-2)9(14)6-7)10-3-4-11(18-10)13(15)16/h3-6H,1-2H3,(H,15,16);3-6H,14H2,1-2H3,(H,15,16). The van der Waals surface area contributed by atoms with Crippen molar-refractivity contribution in [3.8, 4) is 34.1 Å². The highest BCUT2D eigenvalue weighted by molar-refractivity contribution is 5.86. The van der Waals surface area contributed by atoms with Crippen molar-refractivity contribution in [1.29, 1.82) is 0 Å². The number of aryl methyl sites for hydroxylation is 2. The topological polar surface area (TPSA) is 188 Å². The fourth-order valence-electron chi connectivity index (χ4n) is 3.69. The molecule has 2 aromatic carbocycles. The predicted molar refractivity (Wildman–Crippen MR) is 136 cm³/mol. The number of aromatic carboxylic acids is 2. The number of carboxylic acid groups (broad SMARTS) is 2. The van der Waals surface area contributed by atoms with Crippen molar-refractivity contribution in [1.82, 2.24) is 0 Å². The van der Waals surface area contributed by atoms with Crippen molar-refractivity contribution in [2.75, 3.05) is 20.0 Å². The lowest BCUT2D eigenvalue weighted by molar-refractivity contribution is -0.385. The average Bonchev–Trinajstić information content (AvgIpc) is 3.54. The number of ether oxygens (including phenoxy) is 2. The summed E-state index contributed by atoms with van der Waals surface area (Å²) in [6, 6.07) is 12.3. The molecule has 0 fully saturated rings. The number of benzene rings is 2. The van der Waals surface area contributed by atoms with Gasteiger partial charge < -0.3 is 34.3 Å². The number of nitrogens with two attached hydrogens (primary N) is 1. The summed E-state index contributed by atoms with van der Waals surface area (Å²) in [5.41, 5.74) is 8.70. The minimum atomic E-state index is -1.21. The highest BCUT2D eigenvalue weighted by atomic mass is 16.6. The van der Waals surface area contributed by atoms with E-state index in [9.17, 15) is 19.7 Å². The Morgan fingerprint density at radius 2 is 1.26 bits per heavy atom. The first-order valence-corrected chi connectivity index (χ1v) is 10.9. The molecule has 198 valence electrons. The van der Waals surface area contributed by atoms with Gasteiger partial charge in [0.2, 0.25) is 17.3 Å². The third-order valence-corrected chi connectivity index (χ3v) is 5.25. The van der Waals surface area contributed by atoms with Gasteiger partial charge in [0, 0.05) is 6.07 Å². The second-order valence-corrected chi connectivity index (χ2v) is 8.00. The molecule has 4 aromatic rings. The Kier molecular flexibility index (Phi) is 8.06. The van der Waals surface area contributed by atoms with Crippen molar-refractivity contribution in [2.24, 2.45) is 0 Å². The molecule has 12 heteroatoms. The molecule has 12 nitrogen and oxygen atoms in total. The van der Waals surface area contributed by atoms with Crippen molar-refractivity contribution in [3.63, 3.8) is 0 Å². The summed E-state index contributed by atoms with van der Waals surface area (Å²) in [4.78, 5) is 32.1. The van der Waals surface area contributed by atoms with E-state index >= 15 is 0 Å². The smallest absolute Gasteiger partial charge is 0.371 e. The Morgan fingerprint density at radius 3 is 1.66 bits per heavy atom. The number of carbonyl (C=O) groups is 2. The number of nitrogen functional groups attached to an aromatic ring is 1. The van der Waals surface area contributed by atoms with E-state index < -0.39 is 16.9 Å². The summed E-state index contributed by atoms with van der Waals surface area (Å²) in [6.07, 6.45) is 0. The quantitative estimate of drug-likeness (QED) is 0.159. The number of rotatable bonds is 7. The molecule has 38 heavy (non-hydrogen) atoms. The van der Waals surface area contributed by atoms with E-state index in [4.69, 9.17) is 34.3 Å². The highest BCUT2D eigenvalue weighted by Crippen LogP contribution is 2.40. The molecule has 0 aliphatic heterocycles. The number of nitrogens with zero attached hydrogens (tertiary/aromatic N) is 1. The number of carboxylic acids is 2. The third kappa shape index (κ3) is 5.75. The van der Waals surface area contributed by atoms with Gasteiger partial charge in [-0.3, -0.25) is 10.1 Å². The number of hydrogen-bond acceptors (Lipinski definition) is 9. The molecule has 2 aromatic heterocycles.